The number of nitrogens with one attached hydrogen (secondary N) is 2. The van der Waals surface area contributed by atoms with E-state index in [1.165, 1.54) is 0 Å². The third kappa shape index (κ3) is 5.41. The van der Waals surface area contributed by atoms with Crippen molar-refractivity contribution < 1.29 is 18.8 Å². The van der Waals surface area contributed by atoms with Gasteiger partial charge in [-0.3, -0.25) is 4.90 Å². The number of morpholine rings is 1. The molecule has 27 heavy (non-hydrogen) atoms. The fraction of sp³-hybridized carbons (Fsp3) is 0.500. The van der Waals surface area contributed by atoms with Crippen LogP contribution in [-0.4, -0.2) is 67.6 Å². The second-order valence-electron chi connectivity index (χ2n) is 6.26. The minimum Gasteiger partial charge on any atom is -0.497 e. The summed E-state index contributed by atoms with van der Waals surface area (Å²) in [6.45, 7) is 6.45. The molecule has 9 heteroatoms. The van der Waals surface area contributed by atoms with Gasteiger partial charge in [-0.2, -0.15) is 4.98 Å². The van der Waals surface area contributed by atoms with E-state index in [4.69, 9.17) is 14.0 Å². The van der Waals surface area contributed by atoms with Crippen LogP contribution in [0.5, 0.6) is 5.75 Å². The normalized spacial score (nSPS) is 15.9. The lowest BCUT2D eigenvalue weighted by Gasteiger charge is -2.26. The molecule has 2 amide bonds. The Labute approximate surface area is 158 Å². The number of methoxy groups -OCH3 is 1. The van der Waals surface area contributed by atoms with Crippen molar-refractivity contribution in [1.29, 1.82) is 0 Å². The van der Waals surface area contributed by atoms with Crippen molar-refractivity contribution >= 4 is 6.03 Å². The highest BCUT2D eigenvalue weighted by Gasteiger charge is 2.18. The van der Waals surface area contributed by atoms with Crippen LogP contribution in [0.15, 0.2) is 28.8 Å². The summed E-state index contributed by atoms with van der Waals surface area (Å²) < 4.78 is 15.8. The van der Waals surface area contributed by atoms with Crippen molar-refractivity contribution in [3.63, 3.8) is 0 Å². The summed E-state index contributed by atoms with van der Waals surface area (Å²) in [7, 11) is 1.60. The van der Waals surface area contributed by atoms with Crippen LogP contribution in [0.1, 0.15) is 18.9 Å². The third-order valence-corrected chi connectivity index (χ3v) is 4.30. The molecule has 1 saturated heterocycles. The molecule has 2 N–H and O–H groups in total. The summed E-state index contributed by atoms with van der Waals surface area (Å²) in [5.74, 6) is 1.51. The van der Waals surface area contributed by atoms with Gasteiger partial charge in [0, 0.05) is 31.7 Å². The zero-order valence-corrected chi connectivity index (χ0v) is 15.6. The second kappa shape index (κ2) is 9.33. The lowest BCUT2D eigenvalue weighted by Crippen LogP contribution is -2.44. The first-order valence-electron chi connectivity index (χ1n) is 8.98. The Balaban J connectivity index is 1.48. The van der Waals surface area contributed by atoms with E-state index in [-0.39, 0.29) is 6.03 Å². The van der Waals surface area contributed by atoms with E-state index in [2.05, 4.69) is 25.7 Å². The Morgan fingerprint density at radius 3 is 2.96 bits per heavy atom. The zero-order valence-electron chi connectivity index (χ0n) is 15.6. The molecule has 3 rings (SSSR count). The molecule has 1 aliphatic heterocycles. The van der Waals surface area contributed by atoms with E-state index < -0.39 is 6.04 Å². The van der Waals surface area contributed by atoms with E-state index >= 15 is 0 Å². The molecule has 0 saturated carbocycles. The highest BCUT2D eigenvalue weighted by Crippen LogP contribution is 2.22. The third-order valence-electron chi connectivity index (χ3n) is 4.30. The van der Waals surface area contributed by atoms with Crippen molar-refractivity contribution in [3.8, 4) is 17.1 Å². The molecule has 2 heterocycles. The molecule has 1 atom stereocenters. The number of benzene rings is 1. The van der Waals surface area contributed by atoms with Gasteiger partial charge in [-0.25, -0.2) is 4.79 Å². The van der Waals surface area contributed by atoms with Gasteiger partial charge in [-0.1, -0.05) is 17.3 Å². The SMILES string of the molecule is COc1cccc(-c2noc(C(C)NC(=O)NCCN3CCOCC3)n2)c1. The Morgan fingerprint density at radius 1 is 1.37 bits per heavy atom. The number of carbonyl (C=O) groups is 1. The number of amides is 2. The minimum atomic E-state index is -0.403. The first-order valence-corrected chi connectivity index (χ1v) is 8.98. The van der Waals surface area contributed by atoms with Crippen LogP contribution < -0.4 is 15.4 Å². The average Bonchev–Trinajstić information content (AvgIpc) is 3.19. The van der Waals surface area contributed by atoms with Gasteiger partial charge in [-0.05, 0) is 19.1 Å². The number of ether oxygens (including phenoxy) is 2. The van der Waals surface area contributed by atoms with Crippen LogP contribution in [0, 0.1) is 0 Å². The smallest absolute Gasteiger partial charge is 0.315 e. The molecule has 0 radical (unpaired) electrons. The Bertz CT molecular complexity index is 745. The van der Waals surface area contributed by atoms with E-state index in [0.29, 0.717) is 24.0 Å². The molecule has 0 spiro atoms. The number of urea groups is 1. The average molecular weight is 375 g/mol. The van der Waals surface area contributed by atoms with Gasteiger partial charge >= 0.3 is 6.03 Å². The second-order valence-corrected chi connectivity index (χ2v) is 6.26. The number of rotatable bonds is 7. The first kappa shape index (κ1) is 19.1. The molecule has 1 aliphatic rings. The summed E-state index contributed by atoms with van der Waals surface area (Å²) in [6.07, 6.45) is 0. The van der Waals surface area contributed by atoms with Crippen molar-refractivity contribution in [3.05, 3.63) is 30.2 Å². The zero-order chi connectivity index (χ0) is 19.1. The summed E-state index contributed by atoms with van der Waals surface area (Å²) >= 11 is 0. The lowest BCUT2D eigenvalue weighted by atomic mass is 10.2. The highest BCUT2D eigenvalue weighted by atomic mass is 16.5. The largest absolute Gasteiger partial charge is 0.497 e. The van der Waals surface area contributed by atoms with Gasteiger partial charge in [-0.15, -0.1) is 0 Å². The Hall–Kier alpha value is -2.65. The number of hydrogen-bond donors (Lipinski definition) is 2. The highest BCUT2D eigenvalue weighted by molar-refractivity contribution is 5.74. The molecule has 0 aliphatic carbocycles. The first-order chi connectivity index (χ1) is 13.2. The molecule has 1 unspecified atom stereocenters. The predicted molar refractivity (Wildman–Crippen MR) is 98.5 cm³/mol. The maximum Gasteiger partial charge on any atom is 0.315 e. The molecular weight excluding hydrogens is 350 g/mol. The number of aromatic nitrogens is 2. The quantitative estimate of drug-likeness (QED) is 0.755. The topological polar surface area (TPSA) is 102 Å². The van der Waals surface area contributed by atoms with E-state index in [0.717, 1.165) is 38.4 Å². The van der Waals surface area contributed by atoms with Gasteiger partial charge in [0.1, 0.15) is 11.8 Å². The fourth-order valence-electron chi connectivity index (χ4n) is 2.75. The van der Waals surface area contributed by atoms with Crippen molar-refractivity contribution in [2.75, 3.05) is 46.5 Å². The molecule has 1 aromatic heterocycles. The van der Waals surface area contributed by atoms with Crippen LogP contribution in [0.2, 0.25) is 0 Å². The van der Waals surface area contributed by atoms with Gasteiger partial charge in [0.25, 0.3) is 0 Å². The van der Waals surface area contributed by atoms with E-state index in [9.17, 15) is 4.79 Å². The maximum atomic E-state index is 12.1. The Morgan fingerprint density at radius 2 is 2.19 bits per heavy atom. The summed E-state index contributed by atoms with van der Waals surface area (Å²) in [6, 6.07) is 6.72. The van der Waals surface area contributed by atoms with E-state index in [1.807, 2.05) is 24.3 Å². The van der Waals surface area contributed by atoms with Gasteiger partial charge in [0.05, 0.1) is 20.3 Å². The molecule has 146 valence electrons. The summed E-state index contributed by atoms with van der Waals surface area (Å²) in [5, 5.41) is 9.63. The van der Waals surface area contributed by atoms with Crippen molar-refractivity contribution in [2.24, 2.45) is 0 Å². The predicted octanol–water partition coefficient (Wildman–Crippen LogP) is 1.44. The molecule has 1 aromatic carbocycles. The lowest BCUT2D eigenvalue weighted by molar-refractivity contribution is 0.0387. The molecule has 1 fully saturated rings. The van der Waals surface area contributed by atoms with Crippen molar-refractivity contribution in [1.82, 2.24) is 25.7 Å². The molecular formula is C18H25N5O4. The number of hydrogen-bond acceptors (Lipinski definition) is 7. The number of carbonyl (C=O) groups excluding carboxylic acids is 1. The monoisotopic (exact) mass is 375 g/mol. The summed E-state index contributed by atoms with van der Waals surface area (Å²) in [4.78, 5) is 18.7. The van der Waals surface area contributed by atoms with Crippen LogP contribution in [-0.2, 0) is 4.74 Å². The van der Waals surface area contributed by atoms with Crippen LogP contribution in [0.3, 0.4) is 0 Å². The molecule has 0 bridgehead atoms. The number of nitrogens with zero attached hydrogens (tertiary/aromatic N) is 3. The Kier molecular flexibility index (Phi) is 6.61. The van der Waals surface area contributed by atoms with E-state index in [1.54, 1.807) is 14.0 Å². The summed E-state index contributed by atoms with van der Waals surface area (Å²) in [5.41, 5.74) is 0.784. The fourth-order valence-corrected chi connectivity index (χ4v) is 2.75. The van der Waals surface area contributed by atoms with Gasteiger partial charge in [0.2, 0.25) is 11.7 Å². The maximum absolute atomic E-state index is 12.1. The van der Waals surface area contributed by atoms with Gasteiger partial charge < -0.3 is 24.6 Å². The van der Waals surface area contributed by atoms with Crippen LogP contribution in [0.25, 0.3) is 11.4 Å². The van der Waals surface area contributed by atoms with Gasteiger partial charge in [0.15, 0.2) is 0 Å². The van der Waals surface area contributed by atoms with Crippen LogP contribution in [0.4, 0.5) is 4.79 Å². The van der Waals surface area contributed by atoms with Crippen LogP contribution >= 0.6 is 0 Å². The minimum absolute atomic E-state index is 0.267. The standard InChI is InChI=1S/C18H25N5O4/c1-13(20-18(24)19-6-7-23-8-10-26-11-9-23)17-21-16(22-27-17)14-4-3-5-15(12-14)25-2/h3-5,12-13H,6-11H2,1-2H3,(H2,19,20,24). The molecule has 9 nitrogen and oxygen atoms in total. The van der Waals surface area contributed by atoms with Crippen molar-refractivity contribution in [2.45, 2.75) is 13.0 Å². The molecule has 2 aromatic rings.